The van der Waals surface area contributed by atoms with Crippen molar-refractivity contribution in [2.75, 3.05) is 72.1 Å². The van der Waals surface area contributed by atoms with Crippen LogP contribution in [0, 0.1) is 0 Å². The summed E-state index contributed by atoms with van der Waals surface area (Å²) in [5.41, 5.74) is 0. The minimum Gasteiger partial charge on any atom is -0.395 e. The molecule has 0 aromatic rings. The number of carbonyl (C=O) groups is 1. The van der Waals surface area contributed by atoms with Gasteiger partial charge in [0.25, 0.3) is 0 Å². The third-order valence-electron chi connectivity index (χ3n) is 3.93. The normalized spacial score (nSPS) is 23.3. The fourth-order valence-corrected chi connectivity index (χ4v) is 2.71. The van der Waals surface area contributed by atoms with Gasteiger partial charge in [0, 0.05) is 45.8 Å². The van der Waals surface area contributed by atoms with E-state index in [9.17, 15) is 4.79 Å². The van der Waals surface area contributed by atoms with E-state index in [2.05, 4.69) is 15.1 Å². The van der Waals surface area contributed by atoms with Gasteiger partial charge in [-0.1, -0.05) is 0 Å². The van der Waals surface area contributed by atoms with Crippen molar-refractivity contribution in [2.24, 2.45) is 0 Å². The van der Waals surface area contributed by atoms with Gasteiger partial charge in [-0.3, -0.25) is 14.6 Å². The van der Waals surface area contributed by atoms with E-state index in [1.807, 2.05) is 4.90 Å². The molecular formula is C13H26N4O2. The fourth-order valence-electron chi connectivity index (χ4n) is 2.71. The standard InChI is InChI=1S/C13H26N4O2/c18-11-10-15-6-8-17(9-7-15)13(19)12-16-4-1-2-14-3-5-16/h14,18H,1-12H2. The number of aliphatic hydroxyl groups is 1. The summed E-state index contributed by atoms with van der Waals surface area (Å²) in [5.74, 6) is 0.255. The van der Waals surface area contributed by atoms with E-state index in [1.165, 1.54) is 0 Å². The van der Waals surface area contributed by atoms with Crippen LogP contribution in [-0.4, -0.2) is 97.8 Å². The first-order valence-electron chi connectivity index (χ1n) is 7.33. The largest absolute Gasteiger partial charge is 0.395 e. The molecule has 0 spiro atoms. The Balaban J connectivity index is 1.71. The Morgan fingerprint density at radius 3 is 2.53 bits per heavy atom. The van der Waals surface area contributed by atoms with Gasteiger partial charge in [-0.2, -0.15) is 0 Å². The molecule has 2 fully saturated rings. The predicted molar refractivity (Wildman–Crippen MR) is 74.0 cm³/mol. The molecule has 0 bridgehead atoms. The summed E-state index contributed by atoms with van der Waals surface area (Å²) in [4.78, 5) is 18.7. The van der Waals surface area contributed by atoms with Crippen molar-refractivity contribution in [3.63, 3.8) is 0 Å². The van der Waals surface area contributed by atoms with Gasteiger partial charge >= 0.3 is 0 Å². The molecule has 2 aliphatic heterocycles. The molecule has 6 heteroatoms. The predicted octanol–water partition coefficient (Wildman–Crippen LogP) is -1.58. The maximum Gasteiger partial charge on any atom is 0.236 e. The number of rotatable bonds is 4. The van der Waals surface area contributed by atoms with Crippen LogP contribution in [0.4, 0.5) is 0 Å². The van der Waals surface area contributed by atoms with Crippen LogP contribution in [0.5, 0.6) is 0 Å². The second-order valence-electron chi connectivity index (χ2n) is 5.33. The lowest BCUT2D eigenvalue weighted by Gasteiger charge is -2.35. The van der Waals surface area contributed by atoms with Gasteiger partial charge in [0.15, 0.2) is 0 Å². The van der Waals surface area contributed by atoms with E-state index in [0.717, 1.165) is 65.3 Å². The summed E-state index contributed by atoms with van der Waals surface area (Å²) in [6.07, 6.45) is 1.12. The number of amides is 1. The van der Waals surface area contributed by atoms with Gasteiger partial charge < -0.3 is 15.3 Å². The van der Waals surface area contributed by atoms with E-state index in [0.29, 0.717) is 6.54 Å². The number of nitrogens with one attached hydrogen (secondary N) is 1. The lowest BCUT2D eigenvalue weighted by atomic mass is 10.3. The molecule has 2 heterocycles. The molecule has 0 radical (unpaired) electrons. The number of aliphatic hydroxyl groups excluding tert-OH is 1. The topological polar surface area (TPSA) is 59.1 Å². The average Bonchev–Trinajstić information content (AvgIpc) is 2.68. The minimum atomic E-state index is 0.203. The Labute approximate surface area is 115 Å². The summed E-state index contributed by atoms with van der Waals surface area (Å²) < 4.78 is 0. The number of β-amino-alcohol motifs (C(OH)–C–C–N with tert-alkyl or cyclic N) is 1. The van der Waals surface area contributed by atoms with Crippen LogP contribution < -0.4 is 5.32 Å². The molecule has 2 saturated heterocycles. The van der Waals surface area contributed by atoms with Gasteiger partial charge in [-0.05, 0) is 19.5 Å². The zero-order valence-electron chi connectivity index (χ0n) is 11.7. The summed E-state index contributed by atoms with van der Waals surface area (Å²) in [6.45, 7) is 8.87. The highest BCUT2D eigenvalue weighted by Crippen LogP contribution is 2.04. The number of carbonyl (C=O) groups excluding carboxylic acids is 1. The van der Waals surface area contributed by atoms with Crippen molar-refractivity contribution < 1.29 is 9.90 Å². The lowest BCUT2D eigenvalue weighted by Crippen LogP contribution is -2.51. The van der Waals surface area contributed by atoms with Crippen LogP contribution in [0.1, 0.15) is 6.42 Å². The van der Waals surface area contributed by atoms with Crippen LogP contribution >= 0.6 is 0 Å². The van der Waals surface area contributed by atoms with Crippen molar-refractivity contribution in [1.29, 1.82) is 0 Å². The Bertz CT molecular complexity index is 272. The monoisotopic (exact) mass is 270 g/mol. The van der Waals surface area contributed by atoms with Crippen LogP contribution in [0.15, 0.2) is 0 Å². The Kier molecular flexibility index (Phi) is 6.03. The number of nitrogens with zero attached hydrogens (tertiary/aromatic N) is 3. The molecule has 0 aromatic carbocycles. The molecule has 110 valence electrons. The van der Waals surface area contributed by atoms with Crippen LogP contribution in [0.2, 0.25) is 0 Å². The molecule has 19 heavy (non-hydrogen) atoms. The highest BCUT2D eigenvalue weighted by molar-refractivity contribution is 5.78. The molecule has 6 nitrogen and oxygen atoms in total. The third kappa shape index (κ3) is 4.72. The van der Waals surface area contributed by atoms with Crippen LogP contribution in [0.25, 0.3) is 0 Å². The lowest BCUT2D eigenvalue weighted by molar-refractivity contribution is -0.134. The third-order valence-corrected chi connectivity index (χ3v) is 3.93. The number of piperazine rings is 1. The fraction of sp³-hybridized carbons (Fsp3) is 0.923. The van der Waals surface area contributed by atoms with Crippen molar-refractivity contribution in [3.05, 3.63) is 0 Å². The zero-order chi connectivity index (χ0) is 13.5. The first kappa shape index (κ1) is 14.7. The first-order valence-corrected chi connectivity index (χ1v) is 7.33. The smallest absolute Gasteiger partial charge is 0.236 e. The Hall–Kier alpha value is -0.690. The molecule has 0 saturated carbocycles. The molecule has 0 unspecified atom stereocenters. The quantitative estimate of drug-likeness (QED) is 0.646. The van der Waals surface area contributed by atoms with E-state index < -0.39 is 0 Å². The van der Waals surface area contributed by atoms with E-state index in [4.69, 9.17) is 5.11 Å². The molecule has 2 rings (SSSR count). The first-order chi connectivity index (χ1) is 9.29. The Morgan fingerprint density at radius 2 is 1.79 bits per heavy atom. The van der Waals surface area contributed by atoms with Crippen molar-refractivity contribution in [3.8, 4) is 0 Å². The van der Waals surface area contributed by atoms with Crippen LogP contribution in [-0.2, 0) is 4.79 Å². The SMILES string of the molecule is O=C(CN1CCCNCC1)N1CCN(CCO)CC1. The molecule has 0 aliphatic carbocycles. The molecule has 2 aliphatic rings. The second-order valence-corrected chi connectivity index (χ2v) is 5.33. The maximum atomic E-state index is 12.2. The van der Waals surface area contributed by atoms with Crippen LogP contribution in [0.3, 0.4) is 0 Å². The van der Waals surface area contributed by atoms with E-state index in [1.54, 1.807) is 0 Å². The second kappa shape index (κ2) is 7.79. The minimum absolute atomic E-state index is 0.203. The molecule has 2 N–H and O–H groups in total. The van der Waals surface area contributed by atoms with Crippen molar-refractivity contribution >= 4 is 5.91 Å². The summed E-state index contributed by atoms with van der Waals surface area (Å²) >= 11 is 0. The molecule has 1 amide bonds. The molecule has 0 atom stereocenters. The maximum absolute atomic E-state index is 12.2. The van der Waals surface area contributed by atoms with Crippen molar-refractivity contribution in [2.45, 2.75) is 6.42 Å². The highest BCUT2D eigenvalue weighted by atomic mass is 16.3. The summed E-state index contributed by atoms with van der Waals surface area (Å²) in [6, 6.07) is 0. The number of hydrogen-bond acceptors (Lipinski definition) is 5. The number of hydrogen-bond donors (Lipinski definition) is 2. The highest BCUT2D eigenvalue weighted by Gasteiger charge is 2.22. The van der Waals surface area contributed by atoms with Gasteiger partial charge in [0.1, 0.15) is 0 Å². The van der Waals surface area contributed by atoms with Gasteiger partial charge in [-0.25, -0.2) is 0 Å². The van der Waals surface area contributed by atoms with Gasteiger partial charge in [0.2, 0.25) is 5.91 Å². The summed E-state index contributed by atoms with van der Waals surface area (Å²) in [5, 5.41) is 12.3. The molecular weight excluding hydrogens is 244 g/mol. The zero-order valence-corrected chi connectivity index (χ0v) is 11.7. The van der Waals surface area contributed by atoms with Gasteiger partial charge in [-0.15, -0.1) is 0 Å². The van der Waals surface area contributed by atoms with Gasteiger partial charge in [0.05, 0.1) is 13.2 Å². The van der Waals surface area contributed by atoms with E-state index >= 15 is 0 Å². The van der Waals surface area contributed by atoms with Crippen molar-refractivity contribution in [1.82, 2.24) is 20.0 Å². The Morgan fingerprint density at radius 1 is 1.00 bits per heavy atom. The average molecular weight is 270 g/mol. The van der Waals surface area contributed by atoms with E-state index in [-0.39, 0.29) is 12.5 Å². The summed E-state index contributed by atoms with van der Waals surface area (Å²) in [7, 11) is 0. The molecule has 0 aromatic heterocycles.